The summed E-state index contributed by atoms with van der Waals surface area (Å²) in [6.07, 6.45) is 0. The van der Waals surface area contributed by atoms with Gasteiger partial charge in [-0.1, -0.05) is 36.4 Å². The fourth-order valence-corrected chi connectivity index (χ4v) is 2.48. The standard InChI is InChI=1S/C20H27N3O2/c1-16(2)22(3)19-11-7-10-18(14-19)21-20(25)23(12-13-24)15-17-8-5-4-6-9-17/h4-11,14,16,24H,12-13,15H2,1-3H3,(H,21,25). The molecule has 2 amide bonds. The molecule has 134 valence electrons. The second-order valence-corrected chi connectivity index (χ2v) is 6.32. The second-order valence-electron chi connectivity index (χ2n) is 6.32. The fraction of sp³-hybridized carbons (Fsp3) is 0.350. The SMILES string of the molecule is CC(C)N(C)c1cccc(NC(=O)N(CCO)Cc2ccccc2)c1. The molecule has 2 aromatic carbocycles. The number of carbonyl (C=O) groups excluding carboxylic acids is 1. The van der Waals surface area contributed by atoms with Crippen molar-refractivity contribution in [1.82, 2.24) is 4.90 Å². The van der Waals surface area contributed by atoms with Gasteiger partial charge in [-0.15, -0.1) is 0 Å². The number of benzene rings is 2. The average Bonchev–Trinajstić information content (AvgIpc) is 2.61. The highest BCUT2D eigenvalue weighted by Gasteiger charge is 2.14. The quantitative estimate of drug-likeness (QED) is 0.810. The van der Waals surface area contributed by atoms with Crippen LogP contribution < -0.4 is 10.2 Å². The number of hydrogen-bond donors (Lipinski definition) is 2. The van der Waals surface area contributed by atoms with E-state index in [0.29, 0.717) is 12.6 Å². The van der Waals surface area contributed by atoms with Gasteiger partial charge >= 0.3 is 6.03 Å². The number of nitrogens with one attached hydrogen (secondary N) is 1. The summed E-state index contributed by atoms with van der Waals surface area (Å²) in [5.41, 5.74) is 2.81. The Balaban J connectivity index is 2.09. The van der Waals surface area contributed by atoms with Gasteiger partial charge in [0.2, 0.25) is 0 Å². The lowest BCUT2D eigenvalue weighted by molar-refractivity contribution is 0.185. The third kappa shape index (κ3) is 5.50. The summed E-state index contributed by atoms with van der Waals surface area (Å²) in [5.74, 6) is 0. The summed E-state index contributed by atoms with van der Waals surface area (Å²) >= 11 is 0. The Morgan fingerprint density at radius 3 is 2.48 bits per heavy atom. The van der Waals surface area contributed by atoms with Crippen molar-refractivity contribution in [2.24, 2.45) is 0 Å². The van der Waals surface area contributed by atoms with Crippen LogP contribution in [0.2, 0.25) is 0 Å². The molecular formula is C20H27N3O2. The molecule has 0 atom stereocenters. The zero-order chi connectivity index (χ0) is 18.2. The molecular weight excluding hydrogens is 314 g/mol. The van der Waals surface area contributed by atoms with Crippen molar-refractivity contribution in [3.8, 4) is 0 Å². The number of urea groups is 1. The number of rotatable bonds is 7. The first-order chi connectivity index (χ1) is 12.0. The average molecular weight is 341 g/mol. The number of aliphatic hydroxyl groups excluding tert-OH is 1. The van der Waals surface area contributed by atoms with E-state index in [2.05, 4.69) is 24.1 Å². The van der Waals surface area contributed by atoms with Gasteiger partial charge in [-0.3, -0.25) is 0 Å². The minimum atomic E-state index is -0.220. The zero-order valence-electron chi connectivity index (χ0n) is 15.1. The number of aliphatic hydroxyl groups is 1. The number of carbonyl (C=O) groups is 1. The van der Waals surface area contributed by atoms with Crippen molar-refractivity contribution in [1.29, 1.82) is 0 Å². The first kappa shape index (κ1) is 18.8. The van der Waals surface area contributed by atoms with Crippen LogP contribution in [0.1, 0.15) is 19.4 Å². The minimum absolute atomic E-state index is 0.0730. The molecule has 2 rings (SSSR count). The van der Waals surface area contributed by atoms with Crippen LogP contribution in [0.3, 0.4) is 0 Å². The lowest BCUT2D eigenvalue weighted by Gasteiger charge is -2.25. The van der Waals surface area contributed by atoms with Crippen molar-refractivity contribution < 1.29 is 9.90 Å². The van der Waals surface area contributed by atoms with Crippen molar-refractivity contribution in [2.45, 2.75) is 26.4 Å². The van der Waals surface area contributed by atoms with Crippen LogP contribution in [0, 0.1) is 0 Å². The molecule has 0 saturated carbocycles. The predicted molar refractivity (Wildman–Crippen MR) is 103 cm³/mol. The van der Waals surface area contributed by atoms with Crippen LogP contribution in [0.15, 0.2) is 54.6 Å². The Hall–Kier alpha value is -2.53. The molecule has 0 aliphatic heterocycles. The van der Waals surface area contributed by atoms with Crippen molar-refractivity contribution in [3.63, 3.8) is 0 Å². The summed E-state index contributed by atoms with van der Waals surface area (Å²) in [6, 6.07) is 17.7. The van der Waals surface area contributed by atoms with E-state index < -0.39 is 0 Å². The number of nitrogens with zero attached hydrogens (tertiary/aromatic N) is 2. The van der Waals surface area contributed by atoms with Crippen molar-refractivity contribution in [2.75, 3.05) is 30.4 Å². The zero-order valence-corrected chi connectivity index (χ0v) is 15.1. The van der Waals surface area contributed by atoms with E-state index in [9.17, 15) is 9.90 Å². The fourth-order valence-electron chi connectivity index (χ4n) is 2.48. The highest BCUT2D eigenvalue weighted by molar-refractivity contribution is 5.90. The predicted octanol–water partition coefficient (Wildman–Crippen LogP) is 3.56. The molecule has 0 saturated heterocycles. The van der Waals surface area contributed by atoms with Crippen LogP contribution in [0.4, 0.5) is 16.2 Å². The third-order valence-electron chi connectivity index (χ3n) is 4.15. The molecule has 0 fully saturated rings. The van der Waals surface area contributed by atoms with Crippen LogP contribution >= 0.6 is 0 Å². The van der Waals surface area contributed by atoms with E-state index in [0.717, 1.165) is 16.9 Å². The maximum Gasteiger partial charge on any atom is 0.322 e. The lowest BCUT2D eigenvalue weighted by Crippen LogP contribution is -2.36. The molecule has 0 heterocycles. The van der Waals surface area contributed by atoms with Gasteiger partial charge in [0.25, 0.3) is 0 Å². The van der Waals surface area contributed by atoms with Crippen LogP contribution in [-0.2, 0) is 6.54 Å². The van der Waals surface area contributed by atoms with Crippen molar-refractivity contribution in [3.05, 3.63) is 60.2 Å². The topological polar surface area (TPSA) is 55.8 Å². The van der Waals surface area contributed by atoms with Gasteiger partial charge in [0, 0.05) is 37.6 Å². The summed E-state index contributed by atoms with van der Waals surface area (Å²) in [6.45, 7) is 4.91. The molecule has 0 aliphatic rings. The normalized spacial score (nSPS) is 10.6. The first-order valence-corrected chi connectivity index (χ1v) is 8.55. The highest BCUT2D eigenvalue weighted by Crippen LogP contribution is 2.20. The summed E-state index contributed by atoms with van der Waals surface area (Å²) in [4.78, 5) is 16.4. The summed E-state index contributed by atoms with van der Waals surface area (Å²) in [5, 5.41) is 12.2. The number of amides is 2. The van der Waals surface area contributed by atoms with E-state index in [4.69, 9.17) is 0 Å². The van der Waals surface area contributed by atoms with Gasteiger partial charge < -0.3 is 20.2 Å². The Morgan fingerprint density at radius 2 is 1.84 bits per heavy atom. The highest BCUT2D eigenvalue weighted by atomic mass is 16.3. The molecule has 0 bridgehead atoms. The maximum absolute atomic E-state index is 12.6. The molecule has 25 heavy (non-hydrogen) atoms. The Kier molecular flexibility index (Phi) is 6.83. The van der Waals surface area contributed by atoms with Crippen LogP contribution in [0.25, 0.3) is 0 Å². The summed E-state index contributed by atoms with van der Waals surface area (Å²) < 4.78 is 0. The minimum Gasteiger partial charge on any atom is -0.395 e. The Labute approximate surface area is 149 Å². The third-order valence-corrected chi connectivity index (χ3v) is 4.15. The molecule has 0 radical (unpaired) electrons. The van der Waals surface area contributed by atoms with Crippen LogP contribution in [-0.4, -0.2) is 42.3 Å². The van der Waals surface area contributed by atoms with E-state index in [1.54, 1.807) is 4.90 Å². The van der Waals surface area contributed by atoms with E-state index in [1.807, 2.05) is 61.6 Å². The molecule has 5 heteroatoms. The summed E-state index contributed by atoms with van der Waals surface area (Å²) in [7, 11) is 2.03. The van der Waals surface area contributed by atoms with Gasteiger partial charge in [-0.05, 0) is 37.6 Å². The number of hydrogen-bond acceptors (Lipinski definition) is 3. The largest absolute Gasteiger partial charge is 0.395 e. The van der Waals surface area contributed by atoms with Gasteiger partial charge in [-0.2, -0.15) is 0 Å². The number of anilines is 2. The molecule has 0 spiro atoms. The van der Waals surface area contributed by atoms with Gasteiger partial charge in [0.05, 0.1) is 6.61 Å². The molecule has 0 unspecified atom stereocenters. The van der Waals surface area contributed by atoms with Gasteiger partial charge in [0.15, 0.2) is 0 Å². The molecule has 2 aromatic rings. The van der Waals surface area contributed by atoms with E-state index >= 15 is 0 Å². The molecule has 0 aliphatic carbocycles. The molecule has 0 aromatic heterocycles. The Morgan fingerprint density at radius 1 is 1.12 bits per heavy atom. The maximum atomic E-state index is 12.6. The second kappa shape index (κ2) is 9.08. The molecule has 2 N–H and O–H groups in total. The van der Waals surface area contributed by atoms with E-state index in [1.165, 1.54) is 0 Å². The first-order valence-electron chi connectivity index (χ1n) is 8.55. The Bertz CT molecular complexity index is 674. The smallest absolute Gasteiger partial charge is 0.322 e. The monoisotopic (exact) mass is 341 g/mol. The van der Waals surface area contributed by atoms with Gasteiger partial charge in [0.1, 0.15) is 0 Å². The van der Waals surface area contributed by atoms with Gasteiger partial charge in [-0.25, -0.2) is 4.79 Å². The van der Waals surface area contributed by atoms with Crippen molar-refractivity contribution >= 4 is 17.4 Å². The lowest BCUT2D eigenvalue weighted by atomic mass is 10.2. The van der Waals surface area contributed by atoms with E-state index in [-0.39, 0.29) is 19.2 Å². The molecule has 5 nitrogen and oxygen atoms in total. The van der Waals surface area contributed by atoms with Crippen LogP contribution in [0.5, 0.6) is 0 Å².